The summed E-state index contributed by atoms with van der Waals surface area (Å²) in [6, 6.07) is 11.9. The van der Waals surface area contributed by atoms with Gasteiger partial charge in [0.15, 0.2) is 4.80 Å². The molecule has 0 N–H and O–H groups in total. The Morgan fingerprint density at radius 2 is 1.87 bits per heavy atom. The minimum absolute atomic E-state index is 0.189. The van der Waals surface area contributed by atoms with Gasteiger partial charge in [-0.1, -0.05) is 23.5 Å². The largest absolute Gasteiger partial charge is 0.319 e. The highest BCUT2D eigenvalue weighted by molar-refractivity contribution is 7.98. The molecule has 1 aromatic heterocycles. The lowest BCUT2D eigenvalue weighted by Gasteiger charge is -2.02. The van der Waals surface area contributed by atoms with Gasteiger partial charge in [-0.3, -0.25) is 4.79 Å². The monoisotopic (exact) mass is 342 g/mol. The first-order valence-electron chi connectivity index (χ1n) is 7.30. The number of carbonyl (C=O) groups excluding carboxylic acids is 1. The van der Waals surface area contributed by atoms with Gasteiger partial charge in [-0.05, 0) is 55.5 Å². The van der Waals surface area contributed by atoms with E-state index < -0.39 is 0 Å². The van der Waals surface area contributed by atoms with Gasteiger partial charge in [0, 0.05) is 11.9 Å². The van der Waals surface area contributed by atoms with E-state index in [9.17, 15) is 4.79 Å². The number of hydrogen-bond acceptors (Lipinski definition) is 3. The summed E-state index contributed by atoms with van der Waals surface area (Å²) in [5.74, 6) is -0.189. The van der Waals surface area contributed by atoms with E-state index in [-0.39, 0.29) is 5.91 Å². The van der Waals surface area contributed by atoms with Crippen molar-refractivity contribution in [1.29, 1.82) is 0 Å². The Morgan fingerprint density at radius 1 is 1.17 bits per heavy atom. The fourth-order valence-corrected chi connectivity index (χ4v) is 4.14. The number of carbonyl (C=O) groups is 1. The number of benzene rings is 2. The summed E-state index contributed by atoms with van der Waals surface area (Å²) in [7, 11) is 1.96. The lowest BCUT2D eigenvalue weighted by Crippen LogP contribution is -2.13. The Labute approximate surface area is 143 Å². The summed E-state index contributed by atoms with van der Waals surface area (Å²) in [5, 5.41) is 0. The fraction of sp³-hybridized carbons (Fsp3) is 0.222. The van der Waals surface area contributed by atoms with Crippen LogP contribution < -0.4 is 4.80 Å². The first-order chi connectivity index (χ1) is 11.0. The lowest BCUT2D eigenvalue weighted by molar-refractivity contribution is 0.0995. The smallest absolute Gasteiger partial charge is 0.280 e. The van der Waals surface area contributed by atoms with Crippen LogP contribution in [0.5, 0.6) is 0 Å². The van der Waals surface area contributed by atoms with Gasteiger partial charge in [-0.15, -0.1) is 11.8 Å². The molecule has 0 fully saturated rings. The normalized spacial score (nSPS) is 12.1. The summed E-state index contributed by atoms with van der Waals surface area (Å²) < 4.78 is 3.15. The van der Waals surface area contributed by atoms with E-state index in [2.05, 4.69) is 31.0 Å². The zero-order valence-corrected chi connectivity index (χ0v) is 15.2. The molecule has 0 saturated carbocycles. The molecule has 0 aliphatic rings. The van der Waals surface area contributed by atoms with Crippen molar-refractivity contribution in [2.24, 2.45) is 12.0 Å². The lowest BCUT2D eigenvalue weighted by atomic mass is 10.1. The molecular formula is C18H18N2OS2. The molecule has 0 bridgehead atoms. The van der Waals surface area contributed by atoms with Crippen LogP contribution in [0, 0.1) is 13.8 Å². The second-order valence-corrected chi connectivity index (χ2v) is 7.32. The van der Waals surface area contributed by atoms with Crippen molar-refractivity contribution < 1.29 is 4.79 Å². The van der Waals surface area contributed by atoms with Crippen LogP contribution in [0.3, 0.4) is 0 Å². The quantitative estimate of drug-likeness (QED) is 0.650. The number of thiazole rings is 1. The van der Waals surface area contributed by atoms with Crippen molar-refractivity contribution in [2.75, 3.05) is 6.26 Å². The summed E-state index contributed by atoms with van der Waals surface area (Å²) >= 11 is 3.12. The molecule has 2 aromatic carbocycles. The molecule has 118 valence electrons. The van der Waals surface area contributed by atoms with Gasteiger partial charge in [0.05, 0.1) is 15.8 Å². The van der Waals surface area contributed by atoms with Crippen LogP contribution in [0.15, 0.2) is 46.3 Å². The first-order valence-corrected chi connectivity index (χ1v) is 9.34. The van der Waals surface area contributed by atoms with Gasteiger partial charge >= 0.3 is 0 Å². The van der Waals surface area contributed by atoms with E-state index in [0.717, 1.165) is 19.9 Å². The molecule has 0 unspecified atom stereocenters. The number of thioether (sulfide) groups is 1. The predicted molar refractivity (Wildman–Crippen MR) is 98.4 cm³/mol. The van der Waals surface area contributed by atoms with Crippen LogP contribution in [-0.2, 0) is 7.05 Å². The topological polar surface area (TPSA) is 34.4 Å². The van der Waals surface area contributed by atoms with Crippen molar-refractivity contribution in [2.45, 2.75) is 18.7 Å². The fourth-order valence-electron chi connectivity index (χ4n) is 2.45. The van der Waals surface area contributed by atoms with Crippen LogP contribution >= 0.6 is 23.1 Å². The highest BCUT2D eigenvalue weighted by atomic mass is 32.2. The van der Waals surface area contributed by atoms with Gasteiger partial charge < -0.3 is 4.57 Å². The van der Waals surface area contributed by atoms with E-state index in [4.69, 9.17) is 0 Å². The molecule has 0 spiro atoms. The third-order valence-electron chi connectivity index (χ3n) is 3.96. The van der Waals surface area contributed by atoms with Crippen molar-refractivity contribution in [3.63, 3.8) is 0 Å². The average molecular weight is 342 g/mol. The van der Waals surface area contributed by atoms with Crippen molar-refractivity contribution in [1.82, 2.24) is 4.57 Å². The Hall–Kier alpha value is -1.85. The van der Waals surface area contributed by atoms with Crippen molar-refractivity contribution in [3.05, 3.63) is 57.9 Å². The molecule has 23 heavy (non-hydrogen) atoms. The number of amides is 1. The molecule has 1 amide bonds. The minimum Gasteiger partial charge on any atom is -0.319 e. The number of aryl methyl sites for hydroxylation is 3. The third-order valence-corrected chi connectivity index (χ3v) is 5.85. The maximum Gasteiger partial charge on any atom is 0.280 e. The van der Waals surface area contributed by atoms with Crippen LogP contribution in [-0.4, -0.2) is 16.7 Å². The molecule has 3 nitrogen and oxygen atoms in total. The molecule has 3 aromatic rings. The molecule has 3 rings (SSSR count). The van der Waals surface area contributed by atoms with Crippen LogP contribution in [0.4, 0.5) is 0 Å². The molecule has 0 aliphatic carbocycles. The van der Waals surface area contributed by atoms with E-state index in [1.54, 1.807) is 23.1 Å². The second-order valence-electron chi connectivity index (χ2n) is 5.47. The van der Waals surface area contributed by atoms with Crippen LogP contribution in [0.2, 0.25) is 0 Å². The molecule has 1 heterocycles. The summed E-state index contributed by atoms with van der Waals surface area (Å²) in [6.07, 6.45) is 1.97. The van der Waals surface area contributed by atoms with E-state index >= 15 is 0 Å². The van der Waals surface area contributed by atoms with Gasteiger partial charge in [0.25, 0.3) is 5.91 Å². The highest BCUT2D eigenvalue weighted by Gasteiger charge is 2.11. The summed E-state index contributed by atoms with van der Waals surface area (Å²) in [4.78, 5) is 18.6. The second kappa shape index (κ2) is 6.34. The first kappa shape index (κ1) is 16.0. The number of nitrogens with zero attached hydrogens (tertiary/aromatic N) is 2. The van der Waals surface area contributed by atoms with Crippen molar-refractivity contribution >= 4 is 39.2 Å². The third kappa shape index (κ3) is 2.99. The molecular weight excluding hydrogens is 324 g/mol. The molecule has 0 atom stereocenters. The SMILES string of the molecule is CSc1ccccc1C(=O)N=c1sc2cc(C)c(C)cc2n1C. The van der Waals surface area contributed by atoms with E-state index in [1.807, 2.05) is 42.1 Å². The zero-order valence-electron chi connectivity index (χ0n) is 13.6. The van der Waals surface area contributed by atoms with E-state index in [1.165, 1.54) is 11.1 Å². The maximum atomic E-state index is 12.6. The number of hydrogen-bond donors (Lipinski definition) is 0. The van der Waals surface area contributed by atoms with Gasteiger partial charge in [0.2, 0.25) is 0 Å². The van der Waals surface area contributed by atoms with Gasteiger partial charge in [-0.2, -0.15) is 4.99 Å². The summed E-state index contributed by atoms with van der Waals surface area (Å²) in [5.41, 5.74) is 4.27. The minimum atomic E-state index is -0.189. The predicted octanol–water partition coefficient (Wildman–Crippen LogP) is 4.32. The summed E-state index contributed by atoms with van der Waals surface area (Å²) in [6.45, 7) is 4.20. The molecule has 5 heteroatoms. The number of aromatic nitrogens is 1. The Bertz CT molecular complexity index is 967. The standard InChI is InChI=1S/C18H18N2OS2/c1-11-9-14-16(10-12(11)2)23-18(20(14)3)19-17(21)13-7-5-6-8-15(13)22-4/h5-10H,1-4H3. The van der Waals surface area contributed by atoms with Crippen LogP contribution in [0.25, 0.3) is 10.2 Å². The van der Waals surface area contributed by atoms with Crippen LogP contribution in [0.1, 0.15) is 21.5 Å². The highest BCUT2D eigenvalue weighted by Crippen LogP contribution is 2.22. The van der Waals surface area contributed by atoms with Gasteiger partial charge in [0.1, 0.15) is 0 Å². The van der Waals surface area contributed by atoms with Crippen molar-refractivity contribution in [3.8, 4) is 0 Å². The molecule has 0 saturated heterocycles. The van der Waals surface area contributed by atoms with E-state index in [0.29, 0.717) is 5.56 Å². The molecule has 0 aliphatic heterocycles. The average Bonchev–Trinajstić information content (AvgIpc) is 2.83. The Kier molecular flexibility index (Phi) is 4.41. The number of rotatable bonds is 2. The number of fused-ring (bicyclic) bond motifs is 1. The molecule has 0 radical (unpaired) electrons. The Morgan fingerprint density at radius 3 is 2.61 bits per heavy atom. The zero-order chi connectivity index (χ0) is 16.6. The van der Waals surface area contributed by atoms with Gasteiger partial charge in [-0.25, -0.2) is 0 Å². The Balaban J connectivity index is 2.14. The maximum absolute atomic E-state index is 12.6.